The van der Waals surface area contributed by atoms with E-state index < -0.39 is 18.5 Å². The summed E-state index contributed by atoms with van der Waals surface area (Å²) < 4.78 is 21.6. The van der Waals surface area contributed by atoms with Crippen molar-refractivity contribution in [3.8, 4) is 11.5 Å². The summed E-state index contributed by atoms with van der Waals surface area (Å²) in [4.78, 5) is 11.1. The molecule has 2 aromatic rings. The van der Waals surface area contributed by atoms with Crippen LogP contribution >= 0.6 is 11.6 Å². The maximum Gasteiger partial charge on any atom is 0.303 e. The van der Waals surface area contributed by atoms with Crippen LogP contribution in [-0.2, 0) is 19.7 Å². The average molecular weight is 481 g/mol. The quantitative estimate of drug-likeness (QED) is 0.256. The lowest BCUT2D eigenvalue weighted by molar-refractivity contribution is -0.146. The Morgan fingerprint density at radius 2 is 1.39 bits per heavy atom. The van der Waals surface area contributed by atoms with Gasteiger partial charge < -0.3 is 29.2 Å². The van der Waals surface area contributed by atoms with Crippen LogP contribution in [0, 0.1) is 0 Å². The van der Waals surface area contributed by atoms with Crippen LogP contribution in [0.5, 0.6) is 11.5 Å². The second kappa shape index (κ2) is 12.8. The number of esters is 1. The van der Waals surface area contributed by atoms with E-state index >= 15 is 0 Å². The van der Waals surface area contributed by atoms with Crippen LogP contribution in [0.3, 0.4) is 0 Å². The van der Waals surface area contributed by atoms with Crippen molar-refractivity contribution in [1.29, 1.82) is 0 Å². The van der Waals surface area contributed by atoms with Crippen molar-refractivity contribution in [3.05, 3.63) is 59.7 Å². The number of halogens is 1. The minimum Gasteiger partial charge on any atom is -0.491 e. The van der Waals surface area contributed by atoms with Gasteiger partial charge in [0.2, 0.25) is 0 Å². The Morgan fingerprint density at radius 1 is 0.939 bits per heavy atom. The molecule has 7 nitrogen and oxygen atoms in total. The molecule has 2 N–H and O–H groups in total. The summed E-state index contributed by atoms with van der Waals surface area (Å²) in [5.74, 6) is 1.09. The molecule has 2 rings (SSSR count). The van der Waals surface area contributed by atoms with Gasteiger partial charge in [0.05, 0.1) is 12.5 Å². The Labute approximate surface area is 200 Å². The SMILES string of the molecule is CC(=O)O[C@@H](CCl)COc1ccc(C(C)(C)c2ccc(OC[C@@H](CO)OC(C)O)cc2)cc1. The number of aliphatic hydroxyl groups excluding tert-OH is 2. The maximum atomic E-state index is 11.1. The molecule has 0 spiro atoms. The van der Waals surface area contributed by atoms with Gasteiger partial charge in [-0.1, -0.05) is 38.1 Å². The molecule has 0 aliphatic heterocycles. The number of benzene rings is 2. The summed E-state index contributed by atoms with van der Waals surface area (Å²) in [5.41, 5.74) is 1.93. The molecule has 0 saturated carbocycles. The van der Waals surface area contributed by atoms with Crippen molar-refractivity contribution < 1.29 is 34.0 Å². The van der Waals surface area contributed by atoms with Crippen molar-refractivity contribution in [2.24, 2.45) is 0 Å². The summed E-state index contributed by atoms with van der Waals surface area (Å²) in [6.45, 7) is 7.15. The molecule has 0 heterocycles. The van der Waals surface area contributed by atoms with Gasteiger partial charge in [0.25, 0.3) is 0 Å². The monoisotopic (exact) mass is 480 g/mol. The first-order valence-electron chi connectivity index (χ1n) is 10.8. The van der Waals surface area contributed by atoms with Gasteiger partial charge in [0.15, 0.2) is 6.29 Å². The molecule has 2 aromatic carbocycles. The highest BCUT2D eigenvalue weighted by atomic mass is 35.5. The van der Waals surface area contributed by atoms with E-state index in [0.29, 0.717) is 11.5 Å². The summed E-state index contributed by atoms with van der Waals surface area (Å²) in [6.07, 6.45) is -2.07. The highest BCUT2D eigenvalue weighted by molar-refractivity contribution is 6.18. The molecule has 0 aliphatic rings. The number of hydrogen-bond acceptors (Lipinski definition) is 7. The number of hydrogen-bond donors (Lipinski definition) is 2. The molecule has 0 aromatic heterocycles. The number of ether oxygens (including phenoxy) is 4. The predicted octanol–water partition coefficient (Wildman–Crippen LogP) is 3.66. The first kappa shape index (κ1) is 26.9. The number of alkyl halides is 1. The predicted molar refractivity (Wildman–Crippen MR) is 126 cm³/mol. The summed E-state index contributed by atoms with van der Waals surface area (Å²) in [5, 5.41) is 18.6. The second-order valence-electron chi connectivity index (χ2n) is 8.22. The van der Waals surface area contributed by atoms with Crippen LogP contribution in [0.4, 0.5) is 0 Å². The van der Waals surface area contributed by atoms with Gasteiger partial charge in [-0.2, -0.15) is 0 Å². The second-order valence-corrected chi connectivity index (χ2v) is 8.53. The van der Waals surface area contributed by atoms with Gasteiger partial charge in [0, 0.05) is 12.3 Å². The first-order chi connectivity index (χ1) is 15.6. The van der Waals surface area contributed by atoms with Gasteiger partial charge in [-0.05, 0) is 42.3 Å². The van der Waals surface area contributed by atoms with Crippen LogP contribution < -0.4 is 9.47 Å². The Hall–Kier alpha value is -2.32. The van der Waals surface area contributed by atoms with Gasteiger partial charge in [-0.3, -0.25) is 4.79 Å². The topological polar surface area (TPSA) is 94.5 Å². The Bertz CT molecular complexity index is 850. The van der Waals surface area contributed by atoms with Gasteiger partial charge in [-0.15, -0.1) is 11.6 Å². The normalized spacial score (nSPS) is 14.3. The van der Waals surface area contributed by atoms with Crippen LogP contribution in [0.15, 0.2) is 48.5 Å². The molecule has 0 radical (unpaired) electrons. The van der Waals surface area contributed by atoms with Gasteiger partial charge in [0.1, 0.15) is 36.9 Å². The van der Waals surface area contributed by atoms with Crippen LogP contribution in [0.25, 0.3) is 0 Å². The minimum atomic E-state index is -0.971. The molecule has 0 fully saturated rings. The highest BCUT2D eigenvalue weighted by Crippen LogP contribution is 2.33. The molecule has 1 unspecified atom stereocenters. The summed E-state index contributed by atoms with van der Waals surface area (Å²) >= 11 is 5.81. The summed E-state index contributed by atoms with van der Waals surface area (Å²) in [6, 6.07) is 15.5. The molecule has 182 valence electrons. The summed E-state index contributed by atoms with van der Waals surface area (Å²) in [7, 11) is 0. The molecule has 33 heavy (non-hydrogen) atoms. The number of rotatable bonds is 13. The van der Waals surface area contributed by atoms with Crippen LogP contribution in [-0.4, -0.2) is 60.4 Å². The lowest BCUT2D eigenvalue weighted by Gasteiger charge is -2.27. The van der Waals surface area contributed by atoms with Crippen LogP contribution in [0.1, 0.15) is 38.8 Å². The molecule has 0 bridgehead atoms. The van der Waals surface area contributed by atoms with E-state index in [9.17, 15) is 15.0 Å². The highest BCUT2D eigenvalue weighted by Gasteiger charge is 2.23. The number of carbonyl (C=O) groups excluding carboxylic acids is 1. The standard InChI is InChI=1S/C25H33ClO7/c1-17(28)32-23(13-26)15-30-21-9-5-19(6-10-21)25(3,4)20-7-11-22(12-8-20)31-16-24(14-27)33-18(2)29/h5-12,18,23-24,27,29H,13-16H2,1-4H3/t18?,23-,24+/m0/s1. The third-order valence-electron chi connectivity index (χ3n) is 5.12. The largest absolute Gasteiger partial charge is 0.491 e. The minimum absolute atomic E-state index is 0.133. The fraction of sp³-hybridized carbons (Fsp3) is 0.480. The van der Waals surface area contributed by atoms with E-state index in [4.69, 9.17) is 30.5 Å². The van der Waals surface area contributed by atoms with E-state index in [1.807, 2.05) is 48.5 Å². The molecular formula is C25H33ClO7. The van der Waals surface area contributed by atoms with Crippen molar-refractivity contribution in [2.75, 3.05) is 25.7 Å². The van der Waals surface area contributed by atoms with E-state index in [1.165, 1.54) is 13.8 Å². The van der Waals surface area contributed by atoms with Crippen molar-refractivity contribution >= 4 is 17.6 Å². The Balaban J connectivity index is 1.98. The molecule has 3 atom stereocenters. The lowest BCUT2D eigenvalue weighted by Crippen LogP contribution is -2.29. The van der Waals surface area contributed by atoms with Gasteiger partial charge >= 0.3 is 5.97 Å². The third kappa shape index (κ3) is 8.51. The van der Waals surface area contributed by atoms with E-state index in [1.54, 1.807) is 0 Å². The number of carbonyl (C=O) groups is 1. The van der Waals surface area contributed by atoms with E-state index in [0.717, 1.165) is 11.1 Å². The third-order valence-corrected chi connectivity index (χ3v) is 5.47. The fourth-order valence-corrected chi connectivity index (χ4v) is 3.39. The van der Waals surface area contributed by atoms with Crippen molar-refractivity contribution in [1.82, 2.24) is 0 Å². The fourth-order valence-electron chi connectivity index (χ4n) is 3.24. The molecule has 0 saturated heterocycles. The zero-order chi connectivity index (χ0) is 24.4. The zero-order valence-electron chi connectivity index (χ0n) is 19.5. The molecular weight excluding hydrogens is 448 g/mol. The average Bonchev–Trinajstić information content (AvgIpc) is 2.79. The molecule has 0 amide bonds. The smallest absolute Gasteiger partial charge is 0.303 e. The number of aliphatic hydroxyl groups is 2. The zero-order valence-corrected chi connectivity index (χ0v) is 20.2. The molecule has 0 aliphatic carbocycles. The Morgan fingerprint density at radius 3 is 1.76 bits per heavy atom. The maximum absolute atomic E-state index is 11.1. The molecule has 8 heteroatoms. The van der Waals surface area contributed by atoms with Crippen molar-refractivity contribution in [2.45, 2.75) is 51.6 Å². The Kier molecular flexibility index (Phi) is 10.4. The lowest BCUT2D eigenvalue weighted by atomic mass is 9.78. The van der Waals surface area contributed by atoms with Gasteiger partial charge in [-0.25, -0.2) is 0 Å². The van der Waals surface area contributed by atoms with Crippen molar-refractivity contribution in [3.63, 3.8) is 0 Å². The first-order valence-corrected chi connectivity index (χ1v) is 11.3. The van der Waals surface area contributed by atoms with Crippen LogP contribution in [0.2, 0.25) is 0 Å². The van der Waals surface area contributed by atoms with E-state index in [2.05, 4.69) is 13.8 Å². The van der Waals surface area contributed by atoms with E-state index in [-0.39, 0.29) is 37.1 Å².